The van der Waals surface area contributed by atoms with Crippen LogP contribution in [-0.2, 0) is 32.7 Å². The van der Waals surface area contributed by atoms with Crippen LogP contribution in [-0.4, -0.2) is 41.1 Å². The standard InChI is InChI=1S/C22H18FN5.C15H13N5.C7H5FO/c23-19-7-3-1-6-16(19)11-28-12-18-21(13-28)25-14-26-22(18)27-17-9-15-5-2-4-8-20(15)24-10-17;1-2-4-13-10(3-1)5-11(6-17-13)20-15-12-7-16-8-14(12)18-9-19-15;8-7-4-2-1-3-6(7)5-9/h1-10,14H,11-13H2,(H,25,26,27);1-6,9,16H,7-8H2,(H,18,19,20);1-5H. The van der Waals surface area contributed by atoms with Gasteiger partial charge in [-0.05, 0) is 42.5 Å². The normalized spacial score (nSPS) is 12.8. The maximum Gasteiger partial charge on any atom is 0.152 e. The quantitative estimate of drug-likeness (QED) is 0.135. The molecule has 2 aliphatic heterocycles. The molecule has 0 saturated heterocycles. The van der Waals surface area contributed by atoms with E-state index >= 15 is 0 Å². The lowest BCUT2D eigenvalue weighted by Crippen LogP contribution is -2.16. The summed E-state index contributed by atoms with van der Waals surface area (Å²) in [5.74, 6) is 0.993. The van der Waals surface area contributed by atoms with Crippen molar-refractivity contribution in [1.82, 2.24) is 40.1 Å². The largest absolute Gasteiger partial charge is 0.339 e. The first-order valence-electron chi connectivity index (χ1n) is 18.3. The van der Waals surface area contributed by atoms with E-state index in [-0.39, 0.29) is 11.4 Å². The van der Waals surface area contributed by atoms with Crippen molar-refractivity contribution in [3.8, 4) is 0 Å². The van der Waals surface area contributed by atoms with Crippen molar-refractivity contribution in [2.45, 2.75) is 32.7 Å². The van der Waals surface area contributed by atoms with Gasteiger partial charge in [0.25, 0.3) is 0 Å². The number of aromatic nitrogens is 6. The Balaban J connectivity index is 0.000000136. The van der Waals surface area contributed by atoms with Gasteiger partial charge in [-0.15, -0.1) is 0 Å². The third-order valence-electron chi connectivity index (χ3n) is 9.51. The first-order valence-corrected chi connectivity index (χ1v) is 18.3. The second-order valence-electron chi connectivity index (χ2n) is 13.4. The zero-order valence-corrected chi connectivity index (χ0v) is 30.6. The average Bonchev–Trinajstić information content (AvgIpc) is 3.91. The zero-order chi connectivity index (χ0) is 39.0. The number of aldehydes is 1. The predicted octanol–water partition coefficient (Wildman–Crippen LogP) is 8.43. The number of hydrogen-bond acceptors (Lipinski definition) is 11. The molecule has 0 unspecified atom stereocenters. The molecule has 11 nitrogen and oxygen atoms in total. The van der Waals surface area contributed by atoms with E-state index < -0.39 is 5.82 Å². The number of nitrogens with zero attached hydrogens (tertiary/aromatic N) is 7. The summed E-state index contributed by atoms with van der Waals surface area (Å²) in [6.45, 7) is 3.51. The van der Waals surface area contributed by atoms with Gasteiger partial charge >= 0.3 is 0 Å². The average molecular weight is 759 g/mol. The van der Waals surface area contributed by atoms with E-state index in [9.17, 15) is 13.6 Å². The van der Waals surface area contributed by atoms with E-state index in [2.05, 4.69) is 69.0 Å². The molecule has 4 aromatic carbocycles. The Bertz CT molecular complexity index is 2690. The van der Waals surface area contributed by atoms with Gasteiger partial charge in [0.05, 0.1) is 51.8 Å². The van der Waals surface area contributed by atoms with Crippen LogP contribution in [0, 0.1) is 11.6 Å². The van der Waals surface area contributed by atoms with Crippen LogP contribution in [0.4, 0.5) is 31.8 Å². The van der Waals surface area contributed by atoms with Gasteiger partial charge in [0, 0.05) is 60.2 Å². The van der Waals surface area contributed by atoms with Gasteiger partial charge in [-0.3, -0.25) is 19.7 Å². The molecule has 0 fully saturated rings. The molecule has 0 radical (unpaired) electrons. The summed E-state index contributed by atoms with van der Waals surface area (Å²) >= 11 is 0. The maximum atomic E-state index is 14.0. The highest BCUT2D eigenvalue weighted by atomic mass is 19.1. The SMILES string of the molecule is Fc1ccccc1CN1Cc2ncnc(Nc3cnc4ccccc4c3)c2C1.O=Cc1ccccc1F.c1ccc2ncc(Nc3ncnc4c3CNC4)cc2c1. The van der Waals surface area contributed by atoms with Gasteiger partial charge in [0.1, 0.15) is 35.9 Å². The van der Waals surface area contributed by atoms with Crippen molar-refractivity contribution in [3.63, 3.8) is 0 Å². The van der Waals surface area contributed by atoms with Crippen molar-refractivity contribution < 1.29 is 13.6 Å². The molecule has 4 aromatic heterocycles. The van der Waals surface area contributed by atoms with Crippen LogP contribution in [0.25, 0.3) is 21.8 Å². The summed E-state index contributed by atoms with van der Waals surface area (Å²) in [5, 5.41) is 12.2. The number of carbonyl (C=O) groups excluding carboxylic acids is 1. The van der Waals surface area contributed by atoms with Gasteiger partial charge in [-0.25, -0.2) is 28.7 Å². The Morgan fingerprint density at radius 2 is 1.19 bits per heavy atom. The number of carbonyl (C=O) groups is 1. The van der Waals surface area contributed by atoms with Crippen molar-refractivity contribution >= 4 is 51.1 Å². The van der Waals surface area contributed by atoms with E-state index in [1.165, 1.54) is 18.2 Å². The van der Waals surface area contributed by atoms with Crippen molar-refractivity contribution in [1.29, 1.82) is 0 Å². The number of halogens is 2. The Labute approximate surface area is 326 Å². The molecule has 3 N–H and O–H groups in total. The van der Waals surface area contributed by atoms with Gasteiger partial charge in [0.15, 0.2) is 6.29 Å². The second-order valence-corrected chi connectivity index (χ2v) is 13.4. The number of hydrogen-bond donors (Lipinski definition) is 3. The fraction of sp³-hybridized carbons (Fsp3) is 0.114. The second kappa shape index (κ2) is 17.1. The lowest BCUT2D eigenvalue weighted by Gasteiger charge is -2.15. The highest BCUT2D eigenvalue weighted by Gasteiger charge is 2.25. The lowest BCUT2D eigenvalue weighted by atomic mass is 10.2. The van der Waals surface area contributed by atoms with E-state index in [1.807, 2.05) is 67.0 Å². The van der Waals surface area contributed by atoms with Crippen molar-refractivity contribution in [3.05, 3.63) is 180 Å². The third kappa shape index (κ3) is 8.75. The van der Waals surface area contributed by atoms with Crippen molar-refractivity contribution in [2.24, 2.45) is 0 Å². The molecule has 8 aromatic rings. The number of para-hydroxylation sites is 2. The smallest absolute Gasteiger partial charge is 0.152 e. The number of rotatable bonds is 7. The van der Waals surface area contributed by atoms with Crippen LogP contribution in [0.1, 0.15) is 38.4 Å². The first kappa shape index (κ1) is 36.9. The topological polar surface area (TPSA) is 134 Å². The van der Waals surface area contributed by atoms with E-state index in [0.29, 0.717) is 31.5 Å². The summed E-state index contributed by atoms with van der Waals surface area (Å²) < 4.78 is 26.4. The Hall–Kier alpha value is -7.09. The van der Waals surface area contributed by atoms with Crippen LogP contribution < -0.4 is 16.0 Å². The molecule has 0 saturated carbocycles. The predicted molar refractivity (Wildman–Crippen MR) is 216 cm³/mol. The molecule has 282 valence electrons. The first-order chi connectivity index (χ1) is 28.0. The van der Waals surface area contributed by atoms with E-state index in [1.54, 1.807) is 30.9 Å². The Kier molecular flexibility index (Phi) is 11.1. The highest BCUT2D eigenvalue weighted by molar-refractivity contribution is 5.83. The summed E-state index contributed by atoms with van der Waals surface area (Å²) in [6, 6.07) is 32.9. The highest BCUT2D eigenvalue weighted by Crippen LogP contribution is 2.30. The minimum Gasteiger partial charge on any atom is -0.339 e. The molecular weight excluding hydrogens is 723 g/mol. The van der Waals surface area contributed by atoms with Crippen LogP contribution in [0.2, 0.25) is 0 Å². The fourth-order valence-electron chi connectivity index (χ4n) is 6.65. The summed E-state index contributed by atoms with van der Waals surface area (Å²) in [4.78, 5) is 38.6. The third-order valence-corrected chi connectivity index (χ3v) is 9.51. The monoisotopic (exact) mass is 758 g/mol. The molecule has 13 heteroatoms. The molecule has 0 atom stereocenters. The van der Waals surface area contributed by atoms with Gasteiger partial charge in [-0.2, -0.15) is 0 Å². The summed E-state index contributed by atoms with van der Waals surface area (Å²) in [6.07, 6.45) is 7.31. The van der Waals surface area contributed by atoms with Gasteiger partial charge in [-0.1, -0.05) is 66.7 Å². The summed E-state index contributed by atoms with van der Waals surface area (Å²) in [5.41, 5.74) is 8.80. The molecular formula is C44H36F2N10O. The molecule has 0 bridgehead atoms. The number of nitrogens with one attached hydrogen (secondary N) is 3. The molecule has 0 aliphatic carbocycles. The van der Waals surface area contributed by atoms with Crippen LogP contribution in [0.3, 0.4) is 0 Å². The molecule has 57 heavy (non-hydrogen) atoms. The number of pyridine rings is 2. The molecule has 2 aliphatic rings. The molecule has 6 heterocycles. The Morgan fingerprint density at radius 3 is 1.82 bits per heavy atom. The molecule has 0 spiro atoms. The molecule has 0 amide bonds. The van der Waals surface area contributed by atoms with Crippen molar-refractivity contribution in [2.75, 3.05) is 10.6 Å². The minimum atomic E-state index is -0.465. The van der Waals surface area contributed by atoms with Crippen LogP contribution in [0.15, 0.2) is 134 Å². The number of fused-ring (bicyclic) bond motifs is 4. The number of benzene rings is 4. The van der Waals surface area contributed by atoms with Crippen LogP contribution >= 0.6 is 0 Å². The Morgan fingerprint density at radius 1 is 0.614 bits per heavy atom. The fourth-order valence-corrected chi connectivity index (χ4v) is 6.65. The van der Waals surface area contributed by atoms with Gasteiger partial charge < -0.3 is 16.0 Å². The zero-order valence-electron chi connectivity index (χ0n) is 30.6. The maximum absolute atomic E-state index is 14.0. The van der Waals surface area contributed by atoms with Gasteiger partial charge in [0.2, 0.25) is 0 Å². The van der Waals surface area contributed by atoms with E-state index in [4.69, 9.17) is 0 Å². The minimum absolute atomic E-state index is 0.109. The summed E-state index contributed by atoms with van der Waals surface area (Å²) in [7, 11) is 0. The van der Waals surface area contributed by atoms with E-state index in [0.717, 1.165) is 80.4 Å². The lowest BCUT2D eigenvalue weighted by molar-refractivity contribution is 0.112. The number of anilines is 4. The molecule has 10 rings (SSSR count). The van der Waals surface area contributed by atoms with Crippen LogP contribution in [0.5, 0.6) is 0 Å².